The monoisotopic (exact) mass is 386 g/mol. The van der Waals surface area contributed by atoms with Gasteiger partial charge in [0.05, 0.1) is 14.2 Å². The summed E-state index contributed by atoms with van der Waals surface area (Å²) in [4.78, 5) is 35.3. The molecule has 2 aromatic rings. The Hall–Kier alpha value is -3.55. The lowest BCUT2D eigenvalue weighted by atomic mass is 10.1. The molecule has 0 aromatic heterocycles. The van der Waals surface area contributed by atoms with Crippen molar-refractivity contribution in [3.63, 3.8) is 0 Å². The van der Waals surface area contributed by atoms with Crippen LogP contribution < -0.4 is 20.1 Å². The van der Waals surface area contributed by atoms with E-state index >= 15 is 0 Å². The van der Waals surface area contributed by atoms with Gasteiger partial charge in [-0.1, -0.05) is 0 Å². The predicted octanol–water partition coefficient (Wildman–Crippen LogP) is 2.47. The second-order valence-corrected chi connectivity index (χ2v) is 6.07. The number of aliphatic carboxylic acids is 1. The summed E-state index contributed by atoms with van der Waals surface area (Å²) in [6.07, 6.45) is 0. The molecule has 0 saturated heterocycles. The average Bonchev–Trinajstić information content (AvgIpc) is 2.68. The fourth-order valence-corrected chi connectivity index (χ4v) is 2.47. The standard InChI is InChI=1S/C20H22N2O6/c1-11-16(27-3)9-14(10-17(11)28-4)19(24)22-15-7-5-13(6-8-15)18(23)21-12(2)20(25)26/h5-10,12H,1-4H3,(H,21,23)(H,22,24)(H,25,26). The summed E-state index contributed by atoms with van der Waals surface area (Å²) in [6, 6.07) is 8.33. The molecule has 2 amide bonds. The third-order valence-corrected chi connectivity index (χ3v) is 4.14. The number of amides is 2. The van der Waals surface area contributed by atoms with Crippen LogP contribution in [0.15, 0.2) is 36.4 Å². The molecule has 3 N–H and O–H groups in total. The van der Waals surface area contributed by atoms with Crippen LogP contribution in [0, 0.1) is 6.92 Å². The van der Waals surface area contributed by atoms with E-state index < -0.39 is 17.9 Å². The molecule has 0 radical (unpaired) electrons. The van der Waals surface area contributed by atoms with Crippen molar-refractivity contribution in [3.8, 4) is 11.5 Å². The van der Waals surface area contributed by atoms with Crippen molar-refractivity contribution in [2.24, 2.45) is 0 Å². The summed E-state index contributed by atoms with van der Waals surface area (Å²) >= 11 is 0. The zero-order valence-electron chi connectivity index (χ0n) is 16.0. The van der Waals surface area contributed by atoms with Crippen molar-refractivity contribution in [2.75, 3.05) is 19.5 Å². The maximum atomic E-state index is 12.5. The molecule has 0 spiro atoms. The Labute approximate surface area is 162 Å². The van der Waals surface area contributed by atoms with Gasteiger partial charge in [-0.15, -0.1) is 0 Å². The summed E-state index contributed by atoms with van der Waals surface area (Å²) in [5.74, 6) is -0.941. The number of hydrogen-bond donors (Lipinski definition) is 3. The van der Waals surface area contributed by atoms with Gasteiger partial charge in [0.25, 0.3) is 11.8 Å². The Kier molecular flexibility index (Phi) is 6.59. The first kappa shape index (κ1) is 20.8. The first-order valence-corrected chi connectivity index (χ1v) is 8.44. The molecule has 1 atom stereocenters. The molecule has 28 heavy (non-hydrogen) atoms. The summed E-state index contributed by atoms with van der Waals surface area (Å²) in [5.41, 5.74) is 1.90. The molecule has 2 rings (SSSR count). The van der Waals surface area contributed by atoms with Crippen LogP contribution in [0.2, 0.25) is 0 Å². The Morgan fingerprint density at radius 1 is 0.929 bits per heavy atom. The summed E-state index contributed by atoms with van der Waals surface area (Å²) in [5, 5.41) is 13.9. The van der Waals surface area contributed by atoms with Gasteiger partial charge >= 0.3 is 5.97 Å². The van der Waals surface area contributed by atoms with E-state index in [2.05, 4.69) is 10.6 Å². The quantitative estimate of drug-likeness (QED) is 0.674. The molecular formula is C20H22N2O6. The van der Waals surface area contributed by atoms with Crippen LogP contribution in [0.1, 0.15) is 33.2 Å². The number of nitrogens with one attached hydrogen (secondary N) is 2. The highest BCUT2D eigenvalue weighted by atomic mass is 16.5. The van der Waals surface area contributed by atoms with Crippen molar-refractivity contribution in [1.29, 1.82) is 0 Å². The topological polar surface area (TPSA) is 114 Å². The van der Waals surface area contributed by atoms with Crippen LogP contribution in [-0.4, -0.2) is 43.2 Å². The predicted molar refractivity (Wildman–Crippen MR) is 103 cm³/mol. The van der Waals surface area contributed by atoms with Gasteiger partial charge in [0.2, 0.25) is 0 Å². The lowest BCUT2D eigenvalue weighted by Gasteiger charge is -2.13. The molecule has 148 valence electrons. The molecule has 8 heteroatoms. The molecule has 0 fully saturated rings. The first-order valence-electron chi connectivity index (χ1n) is 8.44. The van der Waals surface area contributed by atoms with Crippen molar-refractivity contribution >= 4 is 23.5 Å². The molecule has 0 aliphatic rings. The van der Waals surface area contributed by atoms with Crippen LogP contribution in [0.5, 0.6) is 11.5 Å². The van der Waals surface area contributed by atoms with Gasteiger partial charge in [-0.25, -0.2) is 0 Å². The Bertz CT molecular complexity index is 867. The third kappa shape index (κ3) is 4.79. The van der Waals surface area contributed by atoms with E-state index in [-0.39, 0.29) is 11.5 Å². The number of ether oxygens (including phenoxy) is 2. The van der Waals surface area contributed by atoms with Gasteiger partial charge in [0.1, 0.15) is 17.5 Å². The average molecular weight is 386 g/mol. The first-order chi connectivity index (χ1) is 13.3. The Morgan fingerprint density at radius 3 is 1.93 bits per heavy atom. The fraction of sp³-hybridized carbons (Fsp3) is 0.250. The van der Waals surface area contributed by atoms with Crippen LogP contribution in [0.25, 0.3) is 0 Å². The maximum absolute atomic E-state index is 12.5. The molecule has 1 unspecified atom stereocenters. The summed E-state index contributed by atoms with van der Waals surface area (Å²) in [7, 11) is 3.02. The molecule has 0 aliphatic heterocycles. The number of methoxy groups -OCH3 is 2. The maximum Gasteiger partial charge on any atom is 0.325 e. The molecule has 0 bridgehead atoms. The highest BCUT2D eigenvalue weighted by molar-refractivity contribution is 6.05. The number of hydrogen-bond acceptors (Lipinski definition) is 5. The van der Waals surface area contributed by atoms with Gasteiger partial charge < -0.3 is 25.2 Å². The number of rotatable bonds is 7. The molecular weight excluding hydrogens is 364 g/mol. The van der Waals surface area contributed by atoms with E-state index in [0.717, 1.165) is 5.56 Å². The van der Waals surface area contributed by atoms with E-state index in [1.165, 1.54) is 33.3 Å². The van der Waals surface area contributed by atoms with Crippen molar-refractivity contribution < 1.29 is 29.0 Å². The van der Waals surface area contributed by atoms with Gasteiger partial charge in [-0.3, -0.25) is 14.4 Å². The smallest absolute Gasteiger partial charge is 0.325 e. The molecule has 8 nitrogen and oxygen atoms in total. The normalized spacial score (nSPS) is 11.3. The van der Waals surface area contributed by atoms with E-state index in [0.29, 0.717) is 22.7 Å². The second-order valence-electron chi connectivity index (χ2n) is 6.07. The summed E-state index contributed by atoms with van der Waals surface area (Å²) < 4.78 is 10.5. The lowest BCUT2D eigenvalue weighted by Crippen LogP contribution is -2.38. The van der Waals surface area contributed by atoms with Gasteiger partial charge in [-0.2, -0.15) is 0 Å². The van der Waals surface area contributed by atoms with Crippen LogP contribution in [0.4, 0.5) is 5.69 Å². The van der Waals surface area contributed by atoms with Crippen LogP contribution >= 0.6 is 0 Å². The molecule has 0 heterocycles. The SMILES string of the molecule is COc1cc(C(=O)Nc2ccc(C(=O)NC(C)C(=O)O)cc2)cc(OC)c1C. The van der Waals surface area contributed by atoms with E-state index in [1.807, 2.05) is 6.92 Å². The van der Waals surface area contributed by atoms with E-state index in [4.69, 9.17) is 14.6 Å². The number of anilines is 1. The second kappa shape index (κ2) is 8.90. The number of carboxylic acids is 1. The van der Waals surface area contributed by atoms with E-state index in [9.17, 15) is 14.4 Å². The molecule has 0 saturated carbocycles. The van der Waals surface area contributed by atoms with Crippen molar-refractivity contribution in [3.05, 3.63) is 53.1 Å². The zero-order valence-corrected chi connectivity index (χ0v) is 16.0. The van der Waals surface area contributed by atoms with Crippen molar-refractivity contribution in [2.45, 2.75) is 19.9 Å². The highest BCUT2D eigenvalue weighted by Gasteiger charge is 2.16. The van der Waals surface area contributed by atoms with Gasteiger partial charge in [0, 0.05) is 22.4 Å². The van der Waals surface area contributed by atoms with Crippen LogP contribution in [0.3, 0.4) is 0 Å². The molecule has 2 aromatic carbocycles. The van der Waals surface area contributed by atoms with Crippen molar-refractivity contribution in [1.82, 2.24) is 5.32 Å². The number of carbonyl (C=O) groups excluding carboxylic acids is 2. The number of carboxylic acid groups (broad SMARTS) is 1. The highest BCUT2D eigenvalue weighted by Crippen LogP contribution is 2.29. The third-order valence-electron chi connectivity index (χ3n) is 4.14. The molecule has 0 aliphatic carbocycles. The fourth-order valence-electron chi connectivity index (χ4n) is 2.47. The van der Waals surface area contributed by atoms with Crippen LogP contribution in [-0.2, 0) is 4.79 Å². The minimum Gasteiger partial charge on any atom is -0.496 e. The number of carbonyl (C=O) groups is 3. The Balaban J connectivity index is 2.13. The Morgan fingerprint density at radius 2 is 1.46 bits per heavy atom. The number of benzene rings is 2. The van der Waals surface area contributed by atoms with Gasteiger partial charge in [0.15, 0.2) is 0 Å². The minimum atomic E-state index is -1.12. The lowest BCUT2D eigenvalue weighted by molar-refractivity contribution is -0.138. The summed E-state index contributed by atoms with van der Waals surface area (Å²) in [6.45, 7) is 3.20. The van der Waals surface area contributed by atoms with Gasteiger partial charge in [-0.05, 0) is 50.2 Å². The largest absolute Gasteiger partial charge is 0.496 e. The zero-order chi connectivity index (χ0) is 20.8. The minimum absolute atomic E-state index is 0.282. The van der Waals surface area contributed by atoms with E-state index in [1.54, 1.807) is 24.3 Å².